The van der Waals surface area contributed by atoms with Crippen LogP contribution in [0.15, 0.2) is 30.3 Å². The van der Waals surface area contributed by atoms with E-state index < -0.39 is 12.0 Å². The van der Waals surface area contributed by atoms with Gasteiger partial charge in [-0.25, -0.2) is 4.79 Å². The Kier molecular flexibility index (Phi) is 4.85. The first-order chi connectivity index (χ1) is 7.63. The predicted octanol–water partition coefficient (Wildman–Crippen LogP) is 0.728. The monoisotopic (exact) mass is 239 g/mol. The van der Waals surface area contributed by atoms with Gasteiger partial charge in [0.2, 0.25) is 5.91 Å². The van der Waals surface area contributed by atoms with E-state index in [9.17, 15) is 9.59 Å². The molecule has 0 aliphatic carbocycles. The van der Waals surface area contributed by atoms with Crippen molar-refractivity contribution in [1.29, 1.82) is 0 Å². The first-order valence-corrected chi connectivity index (χ1v) is 5.43. The summed E-state index contributed by atoms with van der Waals surface area (Å²) in [6.45, 7) is 0. The quantitative estimate of drug-likeness (QED) is 0.664. The molecule has 16 heavy (non-hydrogen) atoms. The number of carboxylic acids is 1. The molecule has 0 spiro atoms. The molecule has 1 amide bonds. The Morgan fingerprint density at radius 2 is 1.94 bits per heavy atom. The van der Waals surface area contributed by atoms with Crippen LogP contribution in [-0.4, -0.2) is 28.8 Å². The van der Waals surface area contributed by atoms with E-state index in [1.807, 2.05) is 30.3 Å². The van der Waals surface area contributed by atoms with E-state index in [1.54, 1.807) is 0 Å². The Balaban J connectivity index is 2.65. The second-order valence-electron chi connectivity index (χ2n) is 3.31. The lowest BCUT2D eigenvalue weighted by Gasteiger charge is -2.13. The fourth-order valence-corrected chi connectivity index (χ4v) is 1.38. The molecular formula is C11H13NO3S. The van der Waals surface area contributed by atoms with E-state index in [0.717, 1.165) is 5.56 Å². The summed E-state index contributed by atoms with van der Waals surface area (Å²) in [5, 5.41) is 11.3. The Morgan fingerprint density at radius 3 is 2.44 bits per heavy atom. The molecule has 0 heterocycles. The van der Waals surface area contributed by atoms with Crippen molar-refractivity contribution < 1.29 is 14.7 Å². The van der Waals surface area contributed by atoms with Gasteiger partial charge in [-0.05, 0) is 5.56 Å². The van der Waals surface area contributed by atoms with Crippen molar-refractivity contribution in [3.05, 3.63) is 35.9 Å². The summed E-state index contributed by atoms with van der Waals surface area (Å²) in [6.07, 6.45) is 0.274. The zero-order chi connectivity index (χ0) is 12.0. The molecule has 1 rings (SSSR count). The number of hydrogen-bond acceptors (Lipinski definition) is 3. The standard InChI is InChI=1S/C11H13NO3S/c13-10(7-16)12-9(11(14)15)6-8-4-2-1-3-5-8/h1-5,9,16H,6-7H2,(H,12,13)(H,14,15)/t9-/m0/s1. The van der Waals surface area contributed by atoms with Crippen LogP contribution < -0.4 is 5.32 Å². The molecule has 0 radical (unpaired) electrons. The first kappa shape index (κ1) is 12.6. The van der Waals surface area contributed by atoms with Crippen LogP contribution in [0.25, 0.3) is 0 Å². The van der Waals surface area contributed by atoms with Gasteiger partial charge in [0.1, 0.15) is 6.04 Å². The summed E-state index contributed by atoms with van der Waals surface area (Å²) < 4.78 is 0. The molecule has 1 aromatic rings. The van der Waals surface area contributed by atoms with Crippen LogP contribution in [0.1, 0.15) is 5.56 Å². The molecule has 1 aromatic carbocycles. The van der Waals surface area contributed by atoms with Crippen LogP contribution in [-0.2, 0) is 16.0 Å². The topological polar surface area (TPSA) is 66.4 Å². The van der Waals surface area contributed by atoms with Crippen molar-refractivity contribution in [2.24, 2.45) is 0 Å². The highest BCUT2D eigenvalue weighted by molar-refractivity contribution is 7.81. The Morgan fingerprint density at radius 1 is 1.31 bits per heavy atom. The number of aliphatic carboxylic acids is 1. The molecule has 0 saturated heterocycles. The highest BCUT2D eigenvalue weighted by Crippen LogP contribution is 2.03. The average molecular weight is 239 g/mol. The highest BCUT2D eigenvalue weighted by Gasteiger charge is 2.19. The maximum absolute atomic E-state index is 11.1. The maximum atomic E-state index is 11.1. The molecule has 0 saturated carbocycles. The minimum atomic E-state index is -1.04. The van der Waals surface area contributed by atoms with E-state index in [1.165, 1.54) is 0 Å². The SMILES string of the molecule is O=C(CS)N[C@@H](Cc1ccccc1)C(=O)O. The normalized spacial score (nSPS) is 11.8. The minimum Gasteiger partial charge on any atom is -0.480 e. The third-order valence-electron chi connectivity index (χ3n) is 2.06. The highest BCUT2D eigenvalue weighted by atomic mass is 32.1. The molecule has 0 aromatic heterocycles. The van der Waals surface area contributed by atoms with E-state index in [-0.39, 0.29) is 18.1 Å². The molecule has 86 valence electrons. The number of rotatable bonds is 5. The summed E-state index contributed by atoms with van der Waals surface area (Å²) in [6, 6.07) is 8.25. The lowest BCUT2D eigenvalue weighted by Crippen LogP contribution is -2.42. The third-order valence-corrected chi connectivity index (χ3v) is 2.35. The summed E-state index contributed by atoms with van der Waals surface area (Å²) >= 11 is 3.78. The molecule has 0 aliphatic rings. The number of carboxylic acid groups (broad SMARTS) is 1. The van der Waals surface area contributed by atoms with Crippen LogP contribution in [0.2, 0.25) is 0 Å². The van der Waals surface area contributed by atoms with Crippen molar-refractivity contribution in [3.63, 3.8) is 0 Å². The van der Waals surface area contributed by atoms with Gasteiger partial charge in [-0.3, -0.25) is 4.79 Å². The first-order valence-electron chi connectivity index (χ1n) is 4.80. The molecule has 0 fully saturated rings. The Hall–Kier alpha value is -1.49. The van der Waals surface area contributed by atoms with Gasteiger partial charge in [0.15, 0.2) is 0 Å². The predicted molar refractivity (Wildman–Crippen MR) is 63.6 cm³/mol. The molecular weight excluding hydrogens is 226 g/mol. The number of hydrogen-bond donors (Lipinski definition) is 3. The fraction of sp³-hybridized carbons (Fsp3) is 0.273. The van der Waals surface area contributed by atoms with Crippen molar-refractivity contribution >= 4 is 24.5 Å². The number of nitrogens with one attached hydrogen (secondary N) is 1. The minimum absolute atomic E-state index is 0.0153. The van der Waals surface area contributed by atoms with Gasteiger partial charge in [-0.15, -0.1) is 0 Å². The van der Waals surface area contributed by atoms with Crippen molar-refractivity contribution in [3.8, 4) is 0 Å². The number of amides is 1. The van der Waals surface area contributed by atoms with Gasteiger partial charge >= 0.3 is 5.97 Å². The molecule has 0 bridgehead atoms. The smallest absolute Gasteiger partial charge is 0.326 e. The average Bonchev–Trinajstić information content (AvgIpc) is 2.29. The summed E-state index contributed by atoms with van der Waals surface area (Å²) in [7, 11) is 0. The van der Waals surface area contributed by atoms with Crippen LogP contribution in [0, 0.1) is 0 Å². The lowest BCUT2D eigenvalue weighted by molar-refractivity contribution is -0.141. The number of thiol groups is 1. The van der Waals surface area contributed by atoms with Gasteiger partial charge in [0, 0.05) is 6.42 Å². The summed E-state index contributed by atoms with van der Waals surface area (Å²) in [4.78, 5) is 22.0. The number of carbonyl (C=O) groups is 2. The van der Waals surface area contributed by atoms with E-state index >= 15 is 0 Å². The Bertz CT molecular complexity index is 367. The molecule has 5 heteroatoms. The molecule has 0 aliphatic heterocycles. The van der Waals surface area contributed by atoms with E-state index in [2.05, 4.69) is 17.9 Å². The second-order valence-corrected chi connectivity index (χ2v) is 3.62. The van der Waals surface area contributed by atoms with Gasteiger partial charge < -0.3 is 10.4 Å². The van der Waals surface area contributed by atoms with E-state index in [0.29, 0.717) is 0 Å². The lowest BCUT2D eigenvalue weighted by atomic mass is 10.1. The molecule has 2 N–H and O–H groups in total. The van der Waals surface area contributed by atoms with Crippen molar-refractivity contribution in [2.45, 2.75) is 12.5 Å². The van der Waals surface area contributed by atoms with Crippen LogP contribution in [0.5, 0.6) is 0 Å². The number of carbonyl (C=O) groups excluding carboxylic acids is 1. The molecule has 1 atom stereocenters. The zero-order valence-electron chi connectivity index (χ0n) is 8.59. The van der Waals surface area contributed by atoms with Crippen LogP contribution in [0.4, 0.5) is 0 Å². The Labute approximate surface area is 99.1 Å². The third kappa shape index (κ3) is 3.94. The summed E-state index contributed by atoms with van der Waals surface area (Å²) in [5.74, 6) is -1.44. The molecule has 4 nitrogen and oxygen atoms in total. The van der Waals surface area contributed by atoms with Gasteiger partial charge in [-0.1, -0.05) is 30.3 Å². The maximum Gasteiger partial charge on any atom is 0.326 e. The fourth-order valence-electron chi connectivity index (χ4n) is 1.29. The zero-order valence-corrected chi connectivity index (χ0v) is 9.48. The van der Waals surface area contributed by atoms with Gasteiger partial charge in [-0.2, -0.15) is 12.6 Å². The van der Waals surface area contributed by atoms with Crippen LogP contribution >= 0.6 is 12.6 Å². The number of benzene rings is 1. The van der Waals surface area contributed by atoms with Gasteiger partial charge in [0.25, 0.3) is 0 Å². The van der Waals surface area contributed by atoms with Gasteiger partial charge in [0.05, 0.1) is 5.75 Å². The molecule has 0 unspecified atom stereocenters. The summed E-state index contributed by atoms with van der Waals surface area (Å²) in [5.41, 5.74) is 0.870. The van der Waals surface area contributed by atoms with Crippen molar-refractivity contribution in [2.75, 3.05) is 5.75 Å². The largest absolute Gasteiger partial charge is 0.480 e. The van der Waals surface area contributed by atoms with Crippen LogP contribution in [0.3, 0.4) is 0 Å². The van der Waals surface area contributed by atoms with Crippen molar-refractivity contribution in [1.82, 2.24) is 5.32 Å². The van der Waals surface area contributed by atoms with E-state index in [4.69, 9.17) is 5.11 Å². The second kappa shape index (κ2) is 6.17.